The number of anilines is 1. The summed E-state index contributed by atoms with van der Waals surface area (Å²) in [6, 6.07) is 21.4. The van der Waals surface area contributed by atoms with Gasteiger partial charge in [0.1, 0.15) is 5.76 Å². The lowest BCUT2D eigenvalue weighted by Crippen LogP contribution is -2.30. The number of hydrogen-bond acceptors (Lipinski definition) is 5. The number of rotatable bonds is 11. The summed E-state index contributed by atoms with van der Waals surface area (Å²) >= 11 is 12.6. The first-order valence-corrected chi connectivity index (χ1v) is 14.6. The van der Waals surface area contributed by atoms with Crippen molar-refractivity contribution in [1.29, 1.82) is 0 Å². The van der Waals surface area contributed by atoms with Crippen LogP contribution in [0.4, 0.5) is 5.69 Å². The Morgan fingerprint density at radius 2 is 1.73 bits per heavy atom. The number of sulfonamides is 1. The molecule has 0 spiro atoms. The van der Waals surface area contributed by atoms with Crippen LogP contribution < -0.4 is 10.0 Å². The van der Waals surface area contributed by atoms with Crippen LogP contribution in [0, 0.1) is 0 Å². The van der Waals surface area contributed by atoms with E-state index in [-0.39, 0.29) is 35.5 Å². The maximum Gasteiger partial charge on any atom is 0.261 e. The van der Waals surface area contributed by atoms with E-state index in [0.717, 1.165) is 5.56 Å². The van der Waals surface area contributed by atoms with Gasteiger partial charge in [0, 0.05) is 25.0 Å². The average molecular weight is 601 g/mol. The summed E-state index contributed by atoms with van der Waals surface area (Å²) in [5.41, 5.74) is 1.80. The van der Waals surface area contributed by atoms with Crippen molar-refractivity contribution in [2.24, 2.45) is 0 Å². The fourth-order valence-corrected chi connectivity index (χ4v) is 5.63. The van der Waals surface area contributed by atoms with Gasteiger partial charge in [-0.3, -0.25) is 14.3 Å². The van der Waals surface area contributed by atoms with E-state index in [1.54, 1.807) is 72.8 Å². The SMILES string of the molecule is CC(=O)NCCc1cccc(S(=O)(=O)Nc2ccc(Cl)cc2CN(Cc2ccco2)C(=O)c2ccccc2Cl)c1. The largest absolute Gasteiger partial charge is 0.467 e. The number of amides is 2. The summed E-state index contributed by atoms with van der Waals surface area (Å²) in [5.74, 6) is 0.0260. The normalized spacial score (nSPS) is 11.2. The van der Waals surface area contributed by atoms with Crippen LogP contribution in [0.1, 0.15) is 34.2 Å². The van der Waals surface area contributed by atoms with Gasteiger partial charge in [0.15, 0.2) is 0 Å². The van der Waals surface area contributed by atoms with E-state index in [0.29, 0.717) is 39.9 Å². The first-order chi connectivity index (χ1) is 19.1. The Morgan fingerprint density at radius 3 is 2.45 bits per heavy atom. The molecule has 11 heteroatoms. The van der Waals surface area contributed by atoms with Gasteiger partial charge >= 0.3 is 0 Å². The zero-order valence-electron chi connectivity index (χ0n) is 21.6. The van der Waals surface area contributed by atoms with Crippen molar-refractivity contribution in [3.05, 3.63) is 118 Å². The van der Waals surface area contributed by atoms with Crippen molar-refractivity contribution in [3.63, 3.8) is 0 Å². The molecule has 2 amide bonds. The lowest BCUT2D eigenvalue weighted by atomic mass is 10.1. The first kappa shape index (κ1) is 29.2. The third-order valence-corrected chi connectivity index (χ3v) is 7.92. The Labute approximate surface area is 243 Å². The average Bonchev–Trinajstić information content (AvgIpc) is 3.43. The van der Waals surface area contributed by atoms with E-state index < -0.39 is 10.0 Å². The lowest BCUT2D eigenvalue weighted by Gasteiger charge is -2.24. The molecule has 8 nitrogen and oxygen atoms in total. The number of carbonyl (C=O) groups is 2. The number of hydrogen-bond donors (Lipinski definition) is 2. The number of furan rings is 1. The van der Waals surface area contributed by atoms with Gasteiger partial charge < -0.3 is 14.6 Å². The monoisotopic (exact) mass is 599 g/mol. The first-order valence-electron chi connectivity index (χ1n) is 12.3. The highest BCUT2D eigenvalue weighted by atomic mass is 35.5. The number of halogens is 2. The van der Waals surface area contributed by atoms with Crippen molar-refractivity contribution in [2.45, 2.75) is 31.3 Å². The molecule has 3 aromatic carbocycles. The number of nitrogens with zero attached hydrogens (tertiary/aromatic N) is 1. The van der Waals surface area contributed by atoms with Gasteiger partial charge in [-0.1, -0.05) is 47.5 Å². The molecule has 0 atom stereocenters. The smallest absolute Gasteiger partial charge is 0.261 e. The quantitative estimate of drug-likeness (QED) is 0.223. The predicted molar refractivity (Wildman–Crippen MR) is 155 cm³/mol. The molecular weight excluding hydrogens is 573 g/mol. The van der Waals surface area contributed by atoms with Gasteiger partial charge in [-0.15, -0.1) is 0 Å². The van der Waals surface area contributed by atoms with Gasteiger partial charge in [-0.2, -0.15) is 0 Å². The van der Waals surface area contributed by atoms with Crippen LogP contribution in [-0.2, 0) is 34.3 Å². The van der Waals surface area contributed by atoms with Crippen molar-refractivity contribution in [2.75, 3.05) is 11.3 Å². The van der Waals surface area contributed by atoms with E-state index in [9.17, 15) is 18.0 Å². The van der Waals surface area contributed by atoms with Crippen molar-refractivity contribution < 1.29 is 22.4 Å². The third kappa shape index (κ3) is 7.65. The van der Waals surface area contributed by atoms with Crippen LogP contribution in [-0.4, -0.2) is 31.7 Å². The summed E-state index contributed by atoms with van der Waals surface area (Å²) in [7, 11) is -4.00. The highest BCUT2D eigenvalue weighted by Gasteiger charge is 2.23. The minimum absolute atomic E-state index is 0.0138. The molecule has 1 aromatic heterocycles. The highest BCUT2D eigenvalue weighted by molar-refractivity contribution is 7.92. The van der Waals surface area contributed by atoms with Gasteiger partial charge in [0.05, 0.1) is 34.0 Å². The zero-order chi connectivity index (χ0) is 28.7. The molecule has 0 unspecified atom stereocenters. The van der Waals surface area contributed by atoms with Crippen molar-refractivity contribution >= 4 is 50.7 Å². The van der Waals surface area contributed by atoms with E-state index >= 15 is 0 Å². The minimum Gasteiger partial charge on any atom is -0.467 e. The molecule has 208 valence electrons. The summed E-state index contributed by atoms with van der Waals surface area (Å²) in [5, 5.41) is 3.37. The maximum atomic E-state index is 13.6. The number of nitrogens with one attached hydrogen (secondary N) is 2. The van der Waals surface area contributed by atoms with E-state index in [1.165, 1.54) is 24.2 Å². The molecule has 1 heterocycles. The maximum absolute atomic E-state index is 13.6. The summed E-state index contributed by atoms with van der Waals surface area (Å²) < 4.78 is 34.9. The Hall–Kier alpha value is -3.79. The molecule has 2 N–H and O–H groups in total. The van der Waals surface area contributed by atoms with E-state index in [4.69, 9.17) is 27.6 Å². The molecule has 0 bridgehead atoms. The molecule has 40 heavy (non-hydrogen) atoms. The van der Waals surface area contributed by atoms with Crippen LogP contribution in [0.25, 0.3) is 0 Å². The highest BCUT2D eigenvalue weighted by Crippen LogP contribution is 2.28. The predicted octanol–water partition coefficient (Wildman–Crippen LogP) is 5.91. The van der Waals surface area contributed by atoms with Crippen LogP contribution in [0.3, 0.4) is 0 Å². The van der Waals surface area contributed by atoms with Gasteiger partial charge in [0.25, 0.3) is 15.9 Å². The van der Waals surface area contributed by atoms with E-state index in [1.807, 2.05) is 0 Å². The molecule has 4 rings (SSSR count). The second-order valence-electron chi connectivity index (χ2n) is 9.01. The van der Waals surface area contributed by atoms with E-state index in [2.05, 4.69) is 10.0 Å². The van der Waals surface area contributed by atoms with Crippen LogP contribution >= 0.6 is 23.2 Å². The molecule has 0 fully saturated rings. The molecule has 0 aliphatic rings. The molecule has 0 radical (unpaired) electrons. The van der Waals surface area contributed by atoms with Crippen molar-refractivity contribution in [3.8, 4) is 0 Å². The third-order valence-electron chi connectivity index (χ3n) is 5.99. The molecule has 0 aliphatic carbocycles. The van der Waals surface area contributed by atoms with Crippen LogP contribution in [0.2, 0.25) is 10.0 Å². The second kappa shape index (κ2) is 13.0. The topological polar surface area (TPSA) is 109 Å². The van der Waals surface area contributed by atoms with Crippen LogP contribution in [0.15, 0.2) is 94.4 Å². The molecule has 0 aliphatic heterocycles. The Morgan fingerprint density at radius 1 is 0.925 bits per heavy atom. The summed E-state index contributed by atoms with van der Waals surface area (Å²) in [6.07, 6.45) is 1.98. The summed E-state index contributed by atoms with van der Waals surface area (Å²) in [4.78, 5) is 26.3. The molecular formula is C29H27Cl2N3O5S. The minimum atomic E-state index is -4.00. The van der Waals surface area contributed by atoms with Crippen LogP contribution in [0.5, 0.6) is 0 Å². The van der Waals surface area contributed by atoms with Gasteiger partial charge in [-0.05, 0) is 72.1 Å². The van der Waals surface area contributed by atoms with Gasteiger partial charge in [0.2, 0.25) is 5.91 Å². The molecule has 0 saturated heterocycles. The number of carbonyl (C=O) groups excluding carboxylic acids is 2. The number of benzene rings is 3. The Kier molecular flexibility index (Phi) is 9.52. The second-order valence-corrected chi connectivity index (χ2v) is 11.5. The standard InChI is InChI=1S/C29H27Cl2N3O5S/c1-20(35)32-14-13-21-6-4-8-25(16-21)40(37,38)33-28-12-11-23(30)17-22(28)18-34(19-24-7-5-15-39-24)29(36)26-9-2-3-10-27(26)31/h2-12,15-17,33H,13-14,18-19H2,1H3,(H,32,35). The molecule has 4 aromatic rings. The fraction of sp³-hybridized carbons (Fsp3) is 0.172. The van der Waals surface area contributed by atoms with Gasteiger partial charge in [-0.25, -0.2) is 8.42 Å². The lowest BCUT2D eigenvalue weighted by molar-refractivity contribution is -0.118. The Bertz CT molecular complexity index is 1610. The fourth-order valence-electron chi connectivity index (χ4n) is 4.05. The Balaban J connectivity index is 1.62. The summed E-state index contributed by atoms with van der Waals surface area (Å²) in [6.45, 7) is 1.94. The zero-order valence-corrected chi connectivity index (χ0v) is 23.9. The molecule has 0 saturated carbocycles. The van der Waals surface area contributed by atoms with Crippen molar-refractivity contribution in [1.82, 2.24) is 10.2 Å².